The molecule has 0 aromatic heterocycles. The number of hydrogen-bond acceptors (Lipinski definition) is 9. The topological polar surface area (TPSA) is 138 Å². The molecule has 0 aliphatic heterocycles. The van der Waals surface area contributed by atoms with Crippen molar-refractivity contribution in [1.82, 2.24) is 10.6 Å². The predicted molar refractivity (Wildman–Crippen MR) is 95.2 cm³/mol. The molecule has 0 saturated heterocycles. The number of carbonyl (C=O) groups excluding carboxylic acids is 4. The third kappa shape index (κ3) is 16.4. The minimum atomic E-state index is -0.874. The molecule has 2 amide bonds. The Morgan fingerprint density at radius 3 is 1.93 bits per heavy atom. The van der Waals surface area contributed by atoms with Crippen LogP contribution in [0.25, 0.3) is 0 Å². The molecule has 0 radical (unpaired) electrons. The Kier molecular flexibility index (Phi) is 15.4. The summed E-state index contributed by atoms with van der Waals surface area (Å²) in [5.74, 6) is -2.69. The molecule has 28 heavy (non-hydrogen) atoms. The predicted octanol–water partition coefficient (Wildman–Crippen LogP) is -0.273. The van der Waals surface area contributed by atoms with Crippen molar-refractivity contribution in [3.63, 3.8) is 0 Å². The van der Waals surface area contributed by atoms with Crippen molar-refractivity contribution in [3.05, 3.63) is 25.7 Å². The van der Waals surface area contributed by atoms with Crippen molar-refractivity contribution in [2.24, 2.45) is 0 Å². The summed E-state index contributed by atoms with van der Waals surface area (Å²) in [6.07, 6.45) is 2.00. The van der Waals surface area contributed by atoms with E-state index in [0.717, 1.165) is 0 Å². The van der Waals surface area contributed by atoms with Crippen LogP contribution in [0.4, 0.5) is 0 Å². The molecular weight excluding hydrogens is 376 g/mol. The molecule has 158 valence electrons. The van der Waals surface area contributed by atoms with E-state index in [-0.39, 0.29) is 32.9 Å². The van der Waals surface area contributed by atoms with E-state index in [9.17, 15) is 19.2 Å². The summed E-state index contributed by atoms with van der Waals surface area (Å²) in [5.41, 5.74) is 0. The summed E-state index contributed by atoms with van der Waals surface area (Å²) < 4.78 is 14.4. The molecule has 0 atom stereocenters. The Bertz CT molecular complexity index is 477. The van der Waals surface area contributed by atoms with Crippen molar-refractivity contribution in [2.45, 2.75) is 19.3 Å². The van der Waals surface area contributed by atoms with Gasteiger partial charge in [0.15, 0.2) is 0 Å². The van der Waals surface area contributed by atoms with Crippen LogP contribution in [0.5, 0.6) is 0 Å². The molecule has 11 heteroatoms. The highest BCUT2D eigenvalue weighted by Crippen LogP contribution is 1.91. The van der Waals surface area contributed by atoms with Crippen molar-refractivity contribution in [2.75, 3.05) is 39.5 Å². The van der Waals surface area contributed by atoms with Gasteiger partial charge < -0.3 is 24.8 Å². The standard InChI is InChI=1S/C17H26N2O9/c1-3-24-8-5-9-26-16(22)12-14(20)18-6-7-19-15(21)13-17(23)28-27-11-10-25-4-2/h3-4H,1-2,5-13H2,(H,18,20)(H,19,21). The molecule has 2 N–H and O–H groups in total. The Balaban J connectivity index is 3.65. The minimum absolute atomic E-state index is 0.00353. The molecule has 0 aromatic carbocycles. The van der Waals surface area contributed by atoms with Crippen molar-refractivity contribution in [1.29, 1.82) is 0 Å². The van der Waals surface area contributed by atoms with Crippen LogP contribution in [0.15, 0.2) is 25.7 Å². The zero-order valence-corrected chi connectivity index (χ0v) is 15.6. The van der Waals surface area contributed by atoms with Gasteiger partial charge in [-0.15, -0.1) is 0 Å². The van der Waals surface area contributed by atoms with Gasteiger partial charge in [-0.3, -0.25) is 19.3 Å². The van der Waals surface area contributed by atoms with Crippen LogP contribution in [0.1, 0.15) is 19.3 Å². The van der Waals surface area contributed by atoms with Gasteiger partial charge in [-0.2, -0.15) is 4.89 Å². The number of ether oxygens (including phenoxy) is 3. The number of rotatable bonds is 17. The average Bonchev–Trinajstić information content (AvgIpc) is 2.65. The minimum Gasteiger partial charge on any atom is -0.502 e. The van der Waals surface area contributed by atoms with E-state index in [1.165, 1.54) is 12.5 Å². The van der Waals surface area contributed by atoms with E-state index in [2.05, 4.69) is 33.6 Å². The normalized spacial score (nSPS) is 9.57. The van der Waals surface area contributed by atoms with Crippen LogP contribution in [-0.4, -0.2) is 63.3 Å². The fourth-order valence-corrected chi connectivity index (χ4v) is 1.56. The van der Waals surface area contributed by atoms with Crippen molar-refractivity contribution < 1.29 is 43.2 Å². The molecule has 0 rings (SSSR count). The van der Waals surface area contributed by atoms with Crippen LogP contribution in [0.2, 0.25) is 0 Å². The van der Waals surface area contributed by atoms with E-state index in [1.807, 2.05) is 0 Å². The quantitative estimate of drug-likeness (QED) is 0.0840. The second-order valence-corrected chi connectivity index (χ2v) is 4.98. The monoisotopic (exact) mass is 402 g/mol. The van der Waals surface area contributed by atoms with Crippen molar-refractivity contribution in [3.8, 4) is 0 Å². The van der Waals surface area contributed by atoms with Gasteiger partial charge in [-0.05, 0) is 0 Å². The first kappa shape index (κ1) is 24.9. The van der Waals surface area contributed by atoms with Gasteiger partial charge in [-0.1, -0.05) is 13.2 Å². The summed E-state index contributed by atoms with van der Waals surface area (Å²) in [7, 11) is 0. The van der Waals surface area contributed by atoms with Crippen LogP contribution < -0.4 is 10.6 Å². The lowest BCUT2D eigenvalue weighted by molar-refractivity contribution is -0.274. The van der Waals surface area contributed by atoms with Crippen LogP contribution in [0, 0.1) is 0 Å². The second-order valence-electron chi connectivity index (χ2n) is 4.98. The SMILES string of the molecule is C=COCCCOC(=O)CC(=O)NCCNC(=O)CC(=O)OOCCOC=C. The molecule has 0 fully saturated rings. The first-order valence-corrected chi connectivity index (χ1v) is 8.46. The Morgan fingerprint density at radius 2 is 1.32 bits per heavy atom. The molecule has 0 bridgehead atoms. The lowest BCUT2D eigenvalue weighted by Crippen LogP contribution is -2.36. The fourth-order valence-electron chi connectivity index (χ4n) is 1.56. The molecule has 11 nitrogen and oxygen atoms in total. The Morgan fingerprint density at radius 1 is 0.750 bits per heavy atom. The fraction of sp³-hybridized carbons (Fsp3) is 0.529. The molecule has 0 unspecified atom stereocenters. The Labute approximate surface area is 162 Å². The molecule has 0 saturated carbocycles. The summed E-state index contributed by atoms with van der Waals surface area (Å²) in [4.78, 5) is 54.6. The van der Waals surface area contributed by atoms with E-state index in [1.54, 1.807) is 0 Å². The third-order valence-electron chi connectivity index (χ3n) is 2.72. The largest absolute Gasteiger partial charge is 0.502 e. The highest BCUT2D eigenvalue weighted by molar-refractivity contribution is 5.94. The lowest BCUT2D eigenvalue weighted by Gasteiger charge is -2.08. The van der Waals surface area contributed by atoms with E-state index in [4.69, 9.17) is 14.2 Å². The summed E-state index contributed by atoms with van der Waals surface area (Å²) in [6.45, 7) is 7.49. The number of hydrogen-bond donors (Lipinski definition) is 2. The van der Waals surface area contributed by atoms with E-state index >= 15 is 0 Å². The molecule has 0 aromatic rings. The van der Waals surface area contributed by atoms with Crippen LogP contribution in [-0.2, 0) is 43.2 Å². The molecule has 0 aliphatic carbocycles. The number of carbonyl (C=O) groups is 4. The second kappa shape index (κ2) is 17.3. The van der Waals surface area contributed by atoms with E-state index in [0.29, 0.717) is 13.0 Å². The van der Waals surface area contributed by atoms with Crippen LogP contribution in [0.3, 0.4) is 0 Å². The highest BCUT2D eigenvalue weighted by atomic mass is 17.2. The molecule has 0 aliphatic rings. The van der Waals surface area contributed by atoms with Crippen LogP contribution >= 0.6 is 0 Å². The van der Waals surface area contributed by atoms with Gasteiger partial charge in [-0.25, -0.2) is 4.79 Å². The summed E-state index contributed by atoms with van der Waals surface area (Å²) in [6, 6.07) is 0. The zero-order valence-electron chi connectivity index (χ0n) is 15.6. The maximum atomic E-state index is 11.5. The lowest BCUT2D eigenvalue weighted by atomic mass is 10.4. The van der Waals surface area contributed by atoms with Gasteiger partial charge in [0.25, 0.3) is 0 Å². The maximum Gasteiger partial charge on any atom is 0.351 e. The highest BCUT2D eigenvalue weighted by Gasteiger charge is 2.12. The van der Waals surface area contributed by atoms with Gasteiger partial charge in [0.05, 0.1) is 25.7 Å². The maximum absolute atomic E-state index is 11.5. The smallest absolute Gasteiger partial charge is 0.351 e. The number of esters is 1. The third-order valence-corrected chi connectivity index (χ3v) is 2.72. The average molecular weight is 402 g/mol. The first-order chi connectivity index (χ1) is 13.5. The van der Waals surface area contributed by atoms with Crippen molar-refractivity contribution >= 4 is 23.8 Å². The number of nitrogens with one attached hydrogen (secondary N) is 2. The summed E-state index contributed by atoms with van der Waals surface area (Å²) >= 11 is 0. The van der Waals surface area contributed by atoms with Gasteiger partial charge in [0.2, 0.25) is 11.8 Å². The van der Waals surface area contributed by atoms with E-state index < -0.39 is 36.6 Å². The molecule has 0 heterocycles. The molecule has 0 spiro atoms. The first-order valence-electron chi connectivity index (χ1n) is 8.46. The van der Waals surface area contributed by atoms with Gasteiger partial charge in [0.1, 0.15) is 26.1 Å². The summed E-state index contributed by atoms with van der Waals surface area (Å²) in [5, 5.41) is 4.83. The van der Waals surface area contributed by atoms with Gasteiger partial charge >= 0.3 is 11.9 Å². The molecular formula is C17H26N2O9. The number of amides is 2. The van der Waals surface area contributed by atoms with Gasteiger partial charge in [0, 0.05) is 19.5 Å². The zero-order chi connectivity index (χ0) is 21.0. The Hall–Kier alpha value is -3.08.